The normalized spacial score (nSPS) is 10.2. The Hall–Kier alpha value is -1.17. The van der Waals surface area contributed by atoms with Crippen LogP contribution in [0.15, 0.2) is 35.1 Å². The summed E-state index contributed by atoms with van der Waals surface area (Å²) in [5.74, 6) is -0.373. The molecule has 0 bridgehead atoms. The lowest BCUT2D eigenvalue weighted by Crippen LogP contribution is -2.14. The Kier molecular flexibility index (Phi) is 4.16. The average molecular weight is 347 g/mol. The first kappa shape index (κ1) is 13.3. The molecule has 18 heavy (non-hydrogen) atoms. The molecule has 1 aromatic heterocycles. The van der Waals surface area contributed by atoms with Gasteiger partial charge in [-0.3, -0.25) is 4.79 Å². The van der Waals surface area contributed by atoms with Crippen LogP contribution in [0.5, 0.6) is 0 Å². The van der Waals surface area contributed by atoms with Crippen LogP contribution in [0.4, 0.5) is 5.69 Å². The molecule has 1 heterocycles. The summed E-state index contributed by atoms with van der Waals surface area (Å²) in [7, 11) is 0. The smallest absolute Gasteiger partial charge is 0.275 e. The number of halogens is 3. The van der Waals surface area contributed by atoms with Crippen molar-refractivity contribution in [1.29, 1.82) is 0 Å². The molecule has 4 nitrogen and oxygen atoms in total. The number of amides is 1. The Morgan fingerprint density at radius 1 is 1.22 bits per heavy atom. The third-order valence-electron chi connectivity index (χ3n) is 2.03. The summed E-state index contributed by atoms with van der Waals surface area (Å²) >= 11 is 14.7. The minimum atomic E-state index is -0.373. The second kappa shape index (κ2) is 5.65. The van der Waals surface area contributed by atoms with E-state index in [0.717, 1.165) is 0 Å². The van der Waals surface area contributed by atoms with Crippen LogP contribution in [-0.2, 0) is 0 Å². The van der Waals surface area contributed by atoms with Crippen molar-refractivity contribution in [1.82, 2.24) is 9.97 Å². The molecule has 1 N–H and O–H groups in total. The highest BCUT2D eigenvalue weighted by atomic mass is 79.9. The summed E-state index contributed by atoms with van der Waals surface area (Å²) in [6.45, 7) is 0. The summed E-state index contributed by atoms with van der Waals surface area (Å²) < 4.78 is 0.685. The van der Waals surface area contributed by atoms with Crippen LogP contribution < -0.4 is 5.32 Å². The number of anilines is 1. The van der Waals surface area contributed by atoms with E-state index in [9.17, 15) is 4.79 Å². The van der Waals surface area contributed by atoms with Crippen LogP contribution in [0.25, 0.3) is 0 Å². The van der Waals surface area contributed by atoms with Crippen LogP contribution in [-0.4, -0.2) is 15.9 Å². The standard InChI is InChI=1S/C11H6BrCl2N3O/c12-7-3-6(13)1-2-8(7)17-11(18)9-4-16-10(14)5-15-9/h1-5H,(H,17,18). The second-order valence-electron chi connectivity index (χ2n) is 3.30. The largest absolute Gasteiger partial charge is 0.320 e. The van der Waals surface area contributed by atoms with Gasteiger partial charge in [0.15, 0.2) is 0 Å². The molecule has 0 aliphatic heterocycles. The van der Waals surface area contributed by atoms with Crippen molar-refractivity contribution in [3.8, 4) is 0 Å². The molecule has 0 fully saturated rings. The van der Waals surface area contributed by atoms with Crippen LogP contribution in [0.2, 0.25) is 10.2 Å². The number of nitrogens with zero attached hydrogens (tertiary/aromatic N) is 2. The van der Waals surface area contributed by atoms with Crippen molar-refractivity contribution in [2.75, 3.05) is 5.32 Å². The first-order valence-corrected chi connectivity index (χ1v) is 6.35. The lowest BCUT2D eigenvalue weighted by molar-refractivity contribution is 0.102. The highest BCUT2D eigenvalue weighted by Crippen LogP contribution is 2.26. The molecule has 0 atom stereocenters. The predicted molar refractivity (Wildman–Crippen MR) is 74.1 cm³/mol. The van der Waals surface area contributed by atoms with Crippen LogP contribution in [0, 0.1) is 0 Å². The van der Waals surface area contributed by atoms with Crippen molar-refractivity contribution >= 4 is 50.7 Å². The van der Waals surface area contributed by atoms with Gasteiger partial charge < -0.3 is 5.32 Å². The van der Waals surface area contributed by atoms with Gasteiger partial charge in [-0.2, -0.15) is 0 Å². The molecule has 0 aliphatic carbocycles. The Morgan fingerprint density at radius 2 is 2.00 bits per heavy atom. The van der Waals surface area contributed by atoms with Gasteiger partial charge >= 0.3 is 0 Å². The molecule has 0 unspecified atom stereocenters. The third-order valence-corrected chi connectivity index (χ3v) is 3.12. The van der Waals surface area contributed by atoms with E-state index in [1.165, 1.54) is 12.4 Å². The van der Waals surface area contributed by atoms with Gasteiger partial charge in [-0.25, -0.2) is 9.97 Å². The quantitative estimate of drug-likeness (QED) is 0.899. The van der Waals surface area contributed by atoms with E-state index in [1.54, 1.807) is 18.2 Å². The molecule has 1 aromatic carbocycles. The molecule has 7 heteroatoms. The van der Waals surface area contributed by atoms with E-state index < -0.39 is 0 Å². The van der Waals surface area contributed by atoms with Gasteiger partial charge in [0.25, 0.3) is 5.91 Å². The number of nitrogens with one attached hydrogen (secondary N) is 1. The number of rotatable bonds is 2. The van der Waals surface area contributed by atoms with Gasteiger partial charge in [0.05, 0.1) is 18.1 Å². The van der Waals surface area contributed by atoms with Crippen molar-refractivity contribution in [3.05, 3.63) is 50.9 Å². The van der Waals surface area contributed by atoms with Gasteiger partial charge in [0, 0.05) is 9.50 Å². The maximum atomic E-state index is 11.9. The lowest BCUT2D eigenvalue weighted by atomic mass is 10.3. The highest BCUT2D eigenvalue weighted by Gasteiger charge is 2.10. The molecule has 2 rings (SSSR count). The fraction of sp³-hybridized carbons (Fsp3) is 0. The number of aromatic nitrogens is 2. The van der Waals surface area contributed by atoms with Crippen LogP contribution >= 0.6 is 39.1 Å². The minimum absolute atomic E-state index is 0.182. The van der Waals surface area contributed by atoms with Crippen molar-refractivity contribution in [3.63, 3.8) is 0 Å². The Balaban J connectivity index is 2.18. The number of hydrogen-bond donors (Lipinski definition) is 1. The van der Waals surface area contributed by atoms with Crippen LogP contribution in [0.3, 0.4) is 0 Å². The van der Waals surface area contributed by atoms with E-state index in [1.807, 2.05) is 0 Å². The first-order valence-electron chi connectivity index (χ1n) is 4.80. The molecule has 0 spiro atoms. The number of carbonyl (C=O) groups is 1. The third kappa shape index (κ3) is 3.19. The second-order valence-corrected chi connectivity index (χ2v) is 4.98. The summed E-state index contributed by atoms with van der Waals surface area (Å²) in [4.78, 5) is 19.5. The van der Waals surface area contributed by atoms with E-state index in [4.69, 9.17) is 23.2 Å². The molecule has 0 aliphatic rings. The van der Waals surface area contributed by atoms with Crippen molar-refractivity contribution < 1.29 is 4.79 Å². The fourth-order valence-corrected chi connectivity index (χ4v) is 2.09. The maximum absolute atomic E-state index is 11.9. The van der Waals surface area contributed by atoms with Crippen molar-refractivity contribution in [2.24, 2.45) is 0 Å². The van der Waals surface area contributed by atoms with E-state index >= 15 is 0 Å². The first-order chi connectivity index (χ1) is 8.56. The fourth-order valence-electron chi connectivity index (χ4n) is 1.21. The molecule has 1 amide bonds. The lowest BCUT2D eigenvalue weighted by Gasteiger charge is -2.06. The monoisotopic (exact) mass is 345 g/mol. The Morgan fingerprint density at radius 3 is 2.61 bits per heavy atom. The summed E-state index contributed by atoms with van der Waals surface area (Å²) in [6, 6.07) is 5.05. The zero-order valence-electron chi connectivity index (χ0n) is 8.82. The molecule has 92 valence electrons. The molecule has 2 aromatic rings. The molecular formula is C11H6BrCl2N3O. The minimum Gasteiger partial charge on any atom is -0.320 e. The van der Waals surface area contributed by atoms with Gasteiger partial charge in [-0.15, -0.1) is 0 Å². The van der Waals surface area contributed by atoms with Gasteiger partial charge in [0.2, 0.25) is 0 Å². The van der Waals surface area contributed by atoms with Gasteiger partial charge in [-0.05, 0) is 34.1 Å². The van der Waals surface area contributed by atoms with E-state index in [0.29, 0.717) is 15.2 Å². The number of benzene rings is 1. The number of carbonyl (C=O) groups excluding carboxylic acids is 1. The zero-order valence-corrected chi connectivity index (χ0v) is 11.9. The molecule has 0 saturated carbocycles. The Labute approximate surface area is 121 Å². The average Bonchev–Trinajstić information content (AvgIpc) is 2.33. The number of hydrogen-bond acceptors (Lipinski definition) is 3. The Bertz CT molecular complexity index is 589. The molecule has 0 saturated heterocycles. The van der Waals surface area contributed by atoms with Gasteiger partial charge in [0.1, 0.15) is 10.8 Å². The molecule has 0 radical (unpaired) electrons. The summed E-state index contributed by atoms with van der Waals surface area (Å²) in [6.07, 6.45) is 2.62. The topological polar surface area (TPSA) is 54.9 Å². The van der Waals surface area contributed by atoms with E-state index in [-0.39, 0.29) is 16.8 Å². The maximum Gasteiger partial charge on any atom is 0.275 e. The van der Waals surface area contributed by atoms with Gasteiger partial charge in [-0.1, -0.05) is 23.2 Å². The predicted octanol–water partition coefficient (Wildman–Crippen LogP) is 3.80. The van der Waals surface area contributed by atoms with Crippen molar-refractivity contribution in [2.45, 2.75) is 0 Å². The zero-order chi connectivity index (χ0) is 13.1. The van der Waals surface area contributed by atoms with E-state index in [2.05, 4.69) is 31.2 Å². The molecular weight excluding hydrogens is 341 g/mol. The summed E-state index contributed by atoms with van der Waals surface area (Å²) in [5, 5.41) is 3.49. The SMILES string of the molecule is O=C(Nc1ccc(Cl)cc1Br)c1cnc(Cl)cn1. The van der Waals surface area contributed by atoms with Crippen LogP contribution in [0.1, 0.15) is 10.5 Å². The highest BCUT2D eigenvalue weighted by molar-refractivity contribution is 9.10. The summed E-state index contributed by atoms with van der Waals surface area (Å²) in [5.41, 5.74) is 0.780.